The van der Waals surface area contributed by atoms with Crippen LogP contribution < -0.4 is 9.47 Å². The largest absolute Gasteiger partial charge is 0.493 e. The molecule has 102 valence electrons. The van der Waals surface area contributed by atoms with Crippen molar-refractivity contribution in [1.29, 1.82) is 5.26 Å². The van der Waals surface area contributed by atoms with Crippen LogP contribution in [0.1, 0.15) is 18.4 Å². The van der Waals surface area contributed by atoms with Crippen LogP contribution in [0.4, 0.5) is 13.2 Å². The Morgan fingerprint density at radius 2 is 2.00 bits per heavy atom. The van der Waals surface area contributed by atoms with Gasteiger partial charge in [0.25, 0.3) is 0 Å². The SMILES string of the molecule is COc1cc(C#N)ccc1OCC1(C(F)(F)F)CC1. The lowest BCUT2D eigenvalue weighted by atomic mass is 10.1. The molecule has 0 bridgehead atoms. The van der Waals surface area contributed by atoms with Gasteiger partial charge in [-0.15, -0.1) is 0 Å². The number of rotatable bonds is 4. The Morgan fingerprint density at radius 1 is 1.32 bits per heavy atom. The molecule has 0 unspecified atom stereocenters. The number of hydrogen-bond acceptors (Lipinski definition) is 3. The maximum Gasteiger partial charge on any atom is 0.397 e. The van der Waals surface area contributed by atoms with Crippen LogP contribution in [-0.4, -0.2) is 19.9 Å². The Hall–Kier alpha value is -1.90. The molecule has 0 radical (unpaired) electrons. The van der Waals surface area contributed by atoms with Gasteiger partial charge in [-0.05, 0) is 25.0 Å². The number of methoxy groups -OCH3 is 1. The second-order valence-electron chi connectivity index (χ2n) is 4.54. The highest BCUT2D eigenvalue weighted by Gasteiger charge is 2.63. The highest BCUT2D eigenvalue weighted by molar-refractivity contribution is 5.46. The number of benzene rings is 1. The number of hydrogen-bond donors (Lipinski definition) is 0. The lowest BCUT2D eigenvalue weighted by Gasteiger charge is -2.20. The summed E-state index contributed by atoms with van der Waals surface area (Å²) in [5.74, 6) is 0.481. The second kappa shape index (κ2) is 4.65. The van der Waals surface area contributed by atoms with E-state index in [1.165, 1.54) is 25.3 Å². The lowest BCUT2D eigenvalue weighted by molar-refractivity contribution is -0.194. The topological polar surface area (TPSA) is 42.2 Å². The summed E-state index contributed by atoms with van der Waals surface area (Å²) >= 11 is 0. The van der Waals surface area contributed by atoms with E-state index >= 15 is 0 Å². The molecule has 1 aliphatic rings. The van der Waals surface area contributed by atoms with Gasteiger partial charge >= 0.3 is 6.18 Å². The van der Waals surface area contributed by atoms with Gasteiger partial charge < -0.3 is 9.47 Å². The maximum absolute atomic E-state index is 12.7. The summed E-state index contributed by atoms with van der Waals surface area (Å²) in [5.41, 5.74) is -1.35. The van der Waals surface area contributed by atoms with E-state index in [0.29, 0.717) is 5.56 Å². The average Bonchev–Trinajstić information content (AvgIpc) is 3.16. The van der Waals surface area contributed by atoms with Gasteiger partial charge in [-0.25, -0.2) is 0 Å². The van der Waals surface area contributed by atoms with Crippen LogP contribution in [0.3, 0.4) is 0 Å². The summed E-state index contributed by atoms with van der Waals surface area (Å²) in [6.07, 6.45) is -4.06. The Bertz CT molecular complexity index is 516. The molecule has 6 heteroatoms. The third kappa shape index (κ3) is 2.60. The summed E-state index contributed by atoms with van der Waals surface area (Å²) in [7, 11) is 1.37. The van der Waals surface area contributed by atoms with Gasteiger partial charge in [-0.3, -0.25) is 0 Å². The lowest BCUT2D eigenvalue weighted by Crippen LogP contribution is -2.30. The van der Waals surface area contributed by atoms with Crippen LogP contribution >= 0.6 is 0 Å². The summed E-state index contributed by atoms with van der Waals surface area (Å²) in [4.78, 5) is 0. The molecule has 3 nitrogen and oxygen atoms in total. The first-order chi connectivity index (χ1) is 8.92. The first-order valence-electron chi connectivity index (χ1n) is 5.69. The molecule has 1 aromatic carbocycles. The monoisotopic (exact) mass is 271 g/mol. The van der Waals surface area contributed by atoms with Gasteiger partial charge in [-0.2, -0.15) is 18.4 Å². The Kier molecular flexibility index (Phi) is 3.31. The zero-order valence-electron chi connectivity index (χ0n) is 10.3. The fourth-order valence-electron chi connectivity index (χ4n) is 1.73. The van der Waals surface area contributed by atoms with Crippen molar-refractivity contribution in [2.75, 3.05) is 13.7 Å². The van der Waals surface area contributed by atoms with E-state index in [4.69, 9.17) is 14.7 Å². The molecule has 0 heterocycles. The summed E-state index contributed by atoms with van der Waals surface area (Å²) in [5, 5.41) is 8.73. The molecule has 0 aliphatic heterocycles. The third-order valence-corrected chi connectivity index (χ3v) is 3.25. The molecule has 2 rings (SSSR count). The Balaban J connectivity index is 2.11. The first-order valence-corrected chi connectivity index (χ1v) is 5.69. The predicted molar refractivity (Wildman–Crippen MR) is 60.9 cm³/mol. The van der Waals surface area contributed by atoms with Crippen molar-refractivity contribution >= 4 is 0 Å². The predicted octanol–water partition coefficient (Wildman–Crippen LogP) is 3.29. The molecule has 0 amide bonds. The van der Waals surface area contributed by atoms with Crippen LogP contribution in [0.15, 0.2) is 18.2 Å². The summed E-state index contributed by atoms with van der Waals surface area (Å²) in [6, 6.07) is 6.28. The standard InChI is InChI=1S/C13H12F3NO2/c1-18-11-6-9(7-17)2-3-10(11)19-8-12(4-5-12)13(14,15)16/h2-3,6H,4-5,8H2,1H3. The van der Waals surface area contributed by atoms with Gasteiger partial charge in [-0.1, -0.05) is 0 Å². The molecule has 0 N–H and O–H groups in total. The fourth-order valence-corrected chi connectivity index (χ4v) is 1.73. The molecule has 1 saturated carbocycles. The maximum atomic E-state index is 12.7. The molecule has 1 aliphatic carbocycles. The Morgan fingerprint density at radius 3 is 2.47 bits per heavy atom. The number of ether oxygens (including phenoxy) is 2. The van der Waals surface area contributed by atoms with Crippen LogP contribution in [-0.2, 0) is 0 Å². The van der Waals surface area contributed by atoms with Crippen LogP contribution in [0, 0.1) is 16.7 Å². The minimum absolute atomic E-state index is 0.0924. The molecule has 19 heavy (non-hydrogen) atoms. The van der Waals surface area contributed by atoms with Gasteiger partial charge in [0.05, 0.1) is 18.7 Å². The molecule has 0 aromatic heterocycles. The number of nitriles is 1. The molecular formula is C13H12F3NO2. The van der Waals surface area contributed by atoms with E-state index in [-0.39, 0.29) is 24.3 Å². The highest BCUT2D eigenvalue weighted by Crippen LogP contribution is 2.57. The van der Waals surface area contributed by atoms with Crippen molar-refractivity contribution in [3.63, 3.8) is 0 Å². The van der Waals surface area contributed by atoms with Gasteiger partial charge in [0.15, 0.2) is 11.5 Å². The van der Waals surface area contributed by atoms with E-state index in [2.05, 4.69) is 0 Å². The zero-order valence-corrected chi connectivity index (χ0v) is 10.3. The van der Waals surface area contributed by atoms with Crippen LogP contribution in [0.25, 0.3) is 0 Å². The molecule has 0 atom stereocenters. The van der Waals surface area contributed by atoms with Gasteiger partial charge in [0.2, 0.25) is 0 Å². The normalized spacial score (nSPS) is 16.6. The molecule has 1 aromatic rings. The number of nitrogens with zero attached hydrogens (tertiary/aromatic N) is 1. The van der Waals surface area contributed by atoms with E-state index in [1.54, 1.807) is 0 Å². The fraction of sp³-hybridized carbons (Fsp3) is 0.462. The van der Waals surface area contributed by atoms with Crippen molar-refractivity contribution in [3.05, 3.63) is 23.8 Å². The second-order valence-corrected chi connectivity index (χ2v) is 4.54. The number of halogens is 3. The first kappa shape index (κ1) is 13.5. The van der Waals surface area contributed by atoms with Gasteiger partial charge in [0, 0.05) is 6.07 Å². The van der Waals surface area contributed by atoms with Crippen molar-refractivity contribution in [2.24, 2.45) is 5.41 Å². The van der Waals surface area contributed by atoms with E-state index in [1.807, 2.05) is 6.07 Å². The van der Waals surface area contributed by atoms with Crippen LogP contribution in [0.5, 0.6) is 11.5 Å². The van der Waals surface area contributed by atoms with Crippen molar-refractivity contribution in [2.45, 2.75) is 19.0 Å². The quantitative estimate of drug-likeness (QED) is 0.843. The van der Waals surface area contributed by atoms with E-state index in [0.717, 1.165) is 0 Å². The van der Waals surface area contributed by atoms with Crippen molar-refractivity contribution in [3.8, 4) is 17.6 Å². The molecule has 0 spiro atoms. The minimum atomic E-state index is -4.24. The van der Waals surface area contributed by atoms with E-state index in [9.17, 15) is 13.2 Å². The minimum Gasteiger partial charge on any atom is -0.493 e. The molecule has 0 saturated heterocycles. The summed E-state index contributed by atoms with van der Waals surface area (Å²) < 4.78 is 48.5. The van der Waals surface area contributed by atoms with E-state index < -0.39 is 18.2 Å². The Labute approximate surface area is 108 Å². The third-order valence-electron chi connectivity index (χ3n) is 3.25. The highest BCUT2D eigenvalue weighted by atomic mass is 19.4. The zero-order chi connectivity index (χ0) is 14.1. The summed E-state index contributed by atoms with van der Waals surface area (Å²) in [6.45, 7) is -0.418. The smallest absolute Gasteiger partial charge is 0.397 e. The van der Waals surface area contributed by atoms with Crippen molar-refractivity contribution < 1.29 is 22.6 Å². The average molecular weight is 271 g/mol. The number of alkyl halides is 3. The van der Waals surface area contributed by atoms with Crippen molar-refractivity contribution in [1.82, 2.24) is 0 Å². The van der Waals surface area contributed by atoms with Crippen LogP contribution in [0.2, 0.25) is 0 Å². The molecule has 1 fully saturated rings. The molecular weight excluding hydrogens is 259 g/mol. The van der Waals surface area contributed by atoms with Gasteiger partial charge in [0.1, 0.15) is 12.0 Å².